The number of hydrogen-bond donors (Lipinski definition) is 1. The second kappa shape index (κ2) is 9.85. The van der Waals surface area contributed by atoms with Crippen molar-refractivity contribution in [3.8, 4) is 0 Å². The molecule has 0 aromatic carbocycles. The van der Waals surface area contributed by atoms with Gasteiger partial charge in [0.1, 0.15) is 4.83 Å². The summed E-state index contributed by atoms with van der Waals surface area (Å²) in [6.07, 6.45) is 7.72. The largest absolute Gasteiger partial charge is 0.351 e. The summed E-state index contributed by atoms with van der Waals surface area (Å²) in [5.74, 6) is -0.0843. The summed E-state index contributed by atoms with van der Waals surface area (Å²) in [6, 6.07) is -0.331. The molecule has 1 fully saturated rings. The van der Waals surface area contributed by atoms with Crippen LogP contribution in [0.25, 0.3) is 10.2 Å². The van der Waals surface area contributed by atoms with Gasteiger partial charge in [0.2, 0.25) is 5.91 Å². The molecule has 1 aliphatic carbocycles. The van der Waals surface area contributed by atoms with Gasteiger partial charge in [-0.1, -0.05) is 37.9 Å². The number of hydrogen-bond acceptors (Lipinski definition) is 7. The zero-order chi connectivity index (χ0) is 22.9. The Morgan fingerprint density at radius 2 is 2.12 bits per heavy atom. The number of nitrogens with zero attached hydrogens (tertiary/aromatic N) is 2. The van der Waals surface area contributed by atoms with E-state index >= 15 is 0 Å². The molecule has 176 valence electrons. The van der Waals surface area contributed by atoms with Crippen LogP contribution in [-0.2, 0) is 34.0 Å². The molecule has 2 atom stereocenters. The monoisotopic (exact) mass is 497 g/mol. The van der Waals surface area contributed by atoms with E-state index in [1.807, 2.05) is 0 Å². The van der Waals surface area contributed by atoms with E-state index in [2.05, 4.69) is 12.2 Å². The molecule has 0 spiro atoms. The SMILES string of the molecule is CCCCCCn1c(SC(C)C(=O)NC2CCS(=O)(=O)C2)nc2sc3c(c2c1=O)CCC3. The van der Waals surface area contributed by atoms with Gasteiger partial charge in [0.15, 0.2) is 15.0 Å². The van der Waals surface area contributed by atoms with Crippen molar-refractivity contribution in [2.45, 2.75) is 88.2 Å². The van der Waals surface area contributed by atoms with Gasteiger partial charge in [-0.2, -0.15) is 0 Å². The predicted octanol–water partition coefficient (Wildman–Crippen LogP) is 3.31. The van der Waals surface area contributed by atoms with Gasteiger partial charge in [0.05, 0.1) is 22.1 Å². The molecular weight excluding hydrogens is 466 g/mol. The molecule has 2 aliphatic rings. The van der Waals surface area contributed by atoms with Gasteiger partial charge in [-0.25, -0.2) is 13.4 Å². The molecule has 1 saturated heterocycles. The fourth-order valence-electron chi connectivity index (χ4n) is 4.48. The van der Waals surface area contributed by atoms with E-state index in [1.165, 1.54) is 22.2 Å². The first-order valence-electron chi connectivity index (χ1n) is 11.5. The van der Waals surface area contributed by atoms with E-state index < -0.39 is 15.1 Å². The Labute approximate surface area is 197 Å². The van der Waals surface area contributed by atoms with Crippen LogP contribution in [0, 0.1) is 0 Å². The Kier molecular flexibility index (Phi) is 7.31. The third kappa shape index (κ3) is 5.07. The smallest absolute Gasteiger partial charge is 0.263 e. The molecule has 0 bridgehead atoms. The molecular formula is C22H31N3O4S3. The molecule has 2 unspecified atom stereocenters. The maximum Gasteiger partial charge on any atom is 0.263 e. The van der Waals surface area contributed by atoms with Crippen molar-refractivity contribution < 1.29 is 13.2 Å². The van der Waals surface area contributed by atoms with Crippen LogP contribution in [0.1, 0.15) is 62.8 Å². The number of amides is 1. The molecule has 1 amide bonds. The normalized spacial score (nSPS) is 20.5. The Balaban J connectivity index is 1.57. The van der Waals surface area contributed by atoms with Crippen molar-refractivity contribution >= 4 is 49.1 Å². The third-order valence-electron chi connectivity index (χ3n) is 6.26. The topological polar surface area (TPSA) is 98.1 Å². The van der Waals surface area contributed by atoms with Crippen LogP contribution in [0.3, 0.4) is 0 Å². The summed E-state index contributed by atoms with van der Waals surface area (Å²) in [4.78, 5) is 33.1. The van der Waals surface area contributed by atoms with E-state index in [0.717, 1.165) is 55.2 Å². The molecule has 2 aromatic heterocycles. The van der Waals surface area contributed by atoms with E-state index in [1.54, 1.807) is 22.8 Å². The molecule has 2 aromatic rings. The van der Waals surface area contributed by atoms with Gasteiger partial charge in [-0.15, -0.1) is 11.3 Å². The molecule has 32 heavy (non-hydrogen) atoms. The highest BCUT2D eigenvalue weighted by Gasteiger charge is 2.31. The highest BCUT2D eigenvalue weighted by atomic mass is 32.2. The number of fused-ring (bicyclic) bond motifs is 3. The van der Waals surface area contributed by atoms with Crippen LogP contribution in [0.2, 0.25) is 0 Å². The fourth-order valence-corrected chi connectivity index (χ4v) is 8.40. The lowest BCUT2D eigenvalue weighted by molar-refractivity contribution is -0.120. The standard InChI is InChI=1S/C22H31N3O4S3/c1-3-4-5-6-11-25-21(27)18-16-8-7-9-17(16)31-20(18)24-22(25)30-14(2)19(26)23-15-10-12-32(28,29)13-15/h14-15H,3-13H2,1-2H3,(H,23,26). The van der Waals surface area contributed by atoms with Crippen molar-refractivity contribution in [3.63, 3.8) is 0 Å². The van der Waals surface area contributed by atoms with Gasteiger partial charge in [-0.3, -0.25) is 14.2 Å². The molecule has 1 aliphatic heterocycles. The van der Waals surface area contributed by atoms with Crippen LogP contribution >= 0.6 is 23.1 Å². The Morgan fingerprint density at radius 1 is 1.31 bits per heavy atom. The van der Waals surface area contributed by atoms with Crippen LogP contribution in [0.15, 0.2) is 9.95 Å². The minimum Gasteiger partial charge on any atom is -0.351 e. The number of carbonyl (C=O) groups excluding carboxylic acids is 1. The van der Waals surface area contributed by atoms with Crippen molar-refractivity contribution in [1.82, 2.24) is 14.9 Å². The average Bonchev–Trinajstić information content (AvgIpc) is 3.41. The first-order chi connectivity index (χ1) is 15.3. The first kappa shape index (κ1) is 23.8. The predicted molar refractivity (Wildman–Crippen MR) is 131 cm³/mol. The summed E-state index contributed by atoms with van der Waals surface area (Å²) in [6.45, 7) is 4.55. The zero-order valence-electron chi connectivity index (χ0n) is 18.7. The summed E-state index contributed by atoms with van der Waals surface area (Å²) in [5.41, 5.74) is 1.19. The minimum absolute atomic E-state index is 0.00320. The third-order valence-corrected chi connectivity index (χ3v) is 10.3. The Bertz CT molecular complexity index is 1170. The molecule has 3 heterocycles. The lowest BCUT2D eigenvalue weighted by Crippen LogP contribution is -2.40. The minimum atomic E-state index is -3.05. The Morgan fingerprint density at radius 3 is 2.84 bits per heavy atom. The lowest BCUT2D eigenvalue weighted by Gasteiger charge is -2.18. The van der Waals surface area contributed by atoms with Gasteiger partial charge in [0, 0.05) is 17.5 Å². The second-order valence-electron chi connectivity index (χ2n) is 8.82. The number of aromatic nitrogens is 2. The summed E-state index contributed by atoms with van der Waals surface area (Å²) in [5, 5.41) is 3.75. The second-order valence-corrected chi connectivity index (χ2v) is 13.4. The molecule has 4 rings (SSSR count). The van der Waals surface area contributed by atoms with Crippen molar-refractivity contribution in [2.75, 3.05) is 11.5 Å². The number of nitrogens with one attached hydrogen (secondary N) is 1. The maximum absolute atomic E-state index is 13.5. The number of carbonyl (C=O) groups is 1. The van der Waals surface area contributed by atoms with Gasteiger partial charge < -0.3 is 5.32 Å². The number of unbranched alkanes of at least 4 members (excludes halogenated alkanes) is 3. The Hall–Kier alpha value is -1.39. The number of rotatable bonds is 9. The molecule has 0 radical (unpaired) electrons. The average molecular weight is 498 g/mol. The quantitative estimate of drug-likeness (QED) is 0.324. The fraction of sp³-hybridized carbons (Fsp3) is 0.682. The van der Waals surface area contributed by atoms with Crippen molar-refractivity contribution in [3.05, 3.63) is 20.8 Å². The molecule has 10 heteroatoms. The van der Waals surface area contributed by atoms with Crippen LogP contribution in [0.5, 0.6) is 0 Å². The van der Waals surface area contributed by atoms with Gasteiger partial charge in [-0.05, 0) is 44.6 Å². The maximum atomic E-state index is 13.5. The highest BCUT2D eigenvalue weighted by Crippen LogP contribution is 2.36. The first-order valence-corrected chi connectivity index (χ1v) is 15.0. The zero-order valence-corrected chi connectivity index (χ0v) is 21.1. The van der Waals surface area contributed by atoms with Gasteiger partial charge >= 0.3 is 0 Å². The lowest BCUT2D eigenvalue weighted by atomic mass is 10.2. The van der Waals surface area contributed by atoms with Crippen molar-refractivity contribution in [1.29, 1.82) is 0 Å². The van der Waals surface area contributed by atoms with Crippen LogP contribution in [-0.4, -0.2) is 46.7 Å². The van der Waals surface area contributed by atoms with E-state index in [4.69, 9.17) is 4.98 Å². The van der Waals surface area contributed by atoms with E-state index in [9.17, 15) is 18.0 Å². The van der Waals surface area contributed by atoms with Crippen LogP contribution < -0.4 is 10.9 Å². The summed E-state index contributed by atoms with van der Waals surface area (Å²) in [7, 11) is -3.05. The molecule has 0 saturated carbocycles. The van der Waals surface area contributed by atoms with E-state index in [0.29, 0.717) is 18.1 Å². The van der Waals surface area contributed by atoms with Crippen molar-refractivity contribution in [2.24, 2.45) is 0 Å². The number of aryl methyl sites for hydroxylation is 2. The summed E-state index contributed by atoms with van der Waals surface area (Å²) < 4.78 is 25.1. The summed E-state index contributed by atoms with van der Waals surface area (Å²) >= 11 is 2.90. The molecule has 1 N–H and O–H groups in total. The van der Waals surface area contributed by atoms with Gasteiger partial charge in [0.25, 0.3) is 5.56 Å². The molecule has 7 nitrogen and oxygen atoms in total. The highest BCUT2D eigenvalue weighted by molar-refractivity contribution is 8.00. The van der Waals surface area contributed by atoms with E-state index in [-0.39, 0.29) is 29.0 Å². The number of sulfone groups is 1. The number of thiophene rings is 1. The van der Waals surface area contributed by atoms with Crippen LogP contribution in [0.4, 0.5) is 0 Å². The number of thioether (sulfide) groups is 1.